The van der Waals surface area contributed by atoms with Gasteiger partial charge in [-0.05, 0) is 35.9 Å². The van der Waals surface area contributed by atoms with Gasteiger partial charge in [0.1, 0.15) is 5.65 Å². The second kappa shape index (κ2) is 7.65. The molecular formula is C20H15ClN4O3S. The minimum absolute atomic E-state index is 0.00473. The van der Waals surface area contributed by atoms with E-state index in [-0.39, 0.29) is 27.3 Å². The highest BCUT2D eigenvalue weighted by Crippen LogP contribution is 2.26. The summed E-state index contributed by atoms with van der Waals surface area (Å²) in [6.45, 7) is 0.261. The van der Waals surface area contributed by atoms with Crippen molar-refractivity contribution in [3.63, 3.8) is 0 Å². The van der Waals surface area contributed by atoms with Gasteiger partial charge in [-0.1, -0.05) is 23.7 Å². The van der Waals surface area contributed by atoms with Gasteiger partial charge in [0, 0.05) is 37.5 Å². The molecule has 0 aliphatic rings. The molecule has 1 aromatic carbocycles. The number of halogens is 1. The van der Waals surface area contributed by atoms with Crippen LogP contribution in [0.25, 0.3) is 5.65 Å². The number of rotatable bonds is 5. The maximum absolute atomic E-state index is 12.7. The molecule has 0 unspecified atom stereocenters. The van der Waals surface area contributed by atoms with Crippen molar-refractivity contribution in [3.05, 3.63) is 89.6 Å². The van der Waals surface area contributed by atoms with E-state index in [2.05, 4.69) is 15.3 Å². The summed E-state index contributed by atoms with van der Waals surface area (Å²) >= 11 is 5.97. The lowest BCUT2D eigenvalue weighted by Gasteiger charge is -2.09. The van der Waals surface area contributed by atoms with Crippen LogP contribution in [0.5, 0.6) is 0 Å². The lowest BCUT2D eigenvalue weighted by Crippen LogP contribution is -2.23. The highest BCUT2D eigenvalue weighted by molar-refractivity contribution is 7.91. The van der Waals surface area contributed by atoms with Crippen LogP contribution in [0.3, 0.4) is 0 Å². The summed E-state index contributed by atoms with van der Waals surface area (Å²) in [4.78, 5) is 20.4. The summed E-state index contributed by atoms with van der Waals surface area (Å²) in [6, 6.07) is 11.1. The Labute approximate surface area is 171 Å². The van der Waals surface area contributed by atoms with E-state index in [9.17, 15) is 13.2 Å². The smallest absolute Gasteiger partial charge is 0.253 e. The first-order valence-electron chi connectivity index (χ1n) is 8.59. The third-order valence-corrected chi connectivity index (χ3v) is 6.60. The van der Waals surface area contributed by atoms with Crippen LogP contribution in [0.4, 0.5) is 0 Å². The molecule has 1 amide bonds. The number of carbonyl (C=O) groups excluding carboxylic acids is 1. The molecule has 3 heterocycles. The molecule has 0 aliphatic carbocycles. The Morgan fingerprint density at radius 1 is 1.07 bits per heavy atom. The predicted molar refractivity (Wildman–Crippen MR) is 108 cm³/mol. The Morgan fingerprint density at radius 3 is 2.62 bits per heavy atom. The number of carbonyl (C=O) groups is 1. The first-order valence-corrected chi connectivity index (χ1v) is 10.5. The minimum Gasteiger partial charge on any atom is -0.348 e. The Kier molecular flexibility index (Phi) is 5.04. The normalized spacial score (nSPS) is 11.5. The Hall–Kier alpha value is -3.23. The highest BCUT2D eigenvalue weighted by atomic mass is 35.5. The first-order chi connectivity index (χ1) is 13.9. The fourth-order valence-corrected chi connectivity index (χ4v) is 4.55. The quantitative estimate of drug-likeness (QED) is 0.529. The van der Waals surface area contributed by atoms with Crippen molar-refractivity contribution in [2.45, 2.75) is 16.3 Å². The highest BCUT2D eigenvalue weighted by Gasteiger charge is 2.20. The number of nitrogens with one attached hydrogen (secondary N) is 1. The third kappa shape index (κ3) is 3.85. The van der Waals surface area contributed by atoms with Crippen molar-refractivity contribution >= 4 is 33.0 Å². The van der Waals surface area contributed by atoms with Gasteiger partial charge < -0.3 is 9.72 Å². The second-order valence-corrected chi connectivity index (χ2v) is 8.57. The summed E-state index contributed by atoms with van der Waals surface area (Å²) in [6.07, 6.45) is 7.79. The fourth-order valence-electron chi connectivity index (χ4n) is 2.83. The van der Waals surface area contributed by atoms with E-state index in [1.54, 1.807) is 47.3 Å². The van der Waals surface area contributed by atoms with Crippen molar-refractivity contribution in [2.75, 3.05) is 0 Å². The molecule has 1 N–H and O–H groups in total. The maximum Gasteiger partial charge on any atom is 0.253 e. The molecule has 7 nitrogen and oxygen atoms in total. The molecule has 3 aromatic heterocycles. The molecule has 0 saturated heterocycles. The topological polar surface area (TPSA) is 93.4 Å². The summed E-state index contributed by atoms with van der Waals surface area (Å²) in [5, 5.41) is 2.89. The van der Waals surface area contributed by atoms with Crippen LogP contribution in [0.1, 0.15) is 15.9 Å². The molecular weight excluding hydrogens is 412 g/mol. The predicted octanol–water partition coefficient (Wildman–Crippen LogP) is 3.15. The number of aromatic nitrogens is 3. The Bertz CT molecular complexity index is 1300. The molecule has 0 radical (unpaired) electrons. The largest absolute Gasteiger partial charge is 0.348 e. The van der Waals surface area contributed by atoms with Crippen LogP contribution in [-0.2, 0) is 16.4 Å². The molecule has 0 bridgehead atoms. The van der Waals surface area contributed by atoms with Gasteiger partial charge in [0.15, 0.2) is 0 Å². The molecule has 9 heteroatoms. The Balaban J connectivity index is 1.47. The zero-order valence-electron chi connectivity index (χ0n) is 15.0. The van der Waals surface area contributed by atoms with Gasteiger partial charge in [-0.2, -0.15) is 0 Å². The number of benzene rings is 1. The zero-order valence-corrected chi connectivity index (χ0v) is 16.6. The molecule has 0 fully saturated rings. The van der Waals surface area contributed by atoms with E-state index in [0.29, 0.717) is 5.56 Å². The van der Waals surface area contributed by atoms with Crippen molar-refractivity contribution in [1.82, 2.24) is 19.7 Å². The van der Waals surface area contributed by atoms with E-state index in [0.717, 1.165) is 11.2 Å². The second-order valence-electron chi connectivity index (χ2n) is 6.25. The number of pyridine rings is 2. The average molecular weight is 427 g/mol. The fraction of sp³-hybridized carbons (Fsp3) is 0.0500. The average Bonchev–Trinajstić information content (AvgIpc) is 3.20. The lowest BCUT2D eigenvalue weighted by atomic mass is 10.2. The summed E-state index contributed by atoms with van der Waals surface area (Å²) in [7, 11) is -3.74. The molecule has 0 spiro atoms. The van der Waals surface area contributed by atoms with Crippen LogP contribution in [0, 0.1) is 0 Å². The van der Waals surface area contributed by atoms with Gasteiger partial charge in [0.05, 0.1) is 20.4 Å². The van der Waals surface area contributed by atoms with E-state index in [1.807, 2.05) is 0 Å². The third-order valence-electron chi connectivity index (χ3n) is 4.36. The number of amides is 1. The zero-order chi connectivity index (χ0) is 20.4. The molecule has 4 rings (SSSR count). The molecule has 0 saturated carbocycles. The molecule has 4 aromatic rings. The summed E-state index contributed by atoms with van der Waals surface area (Å²) < 4.78 is 27.2. The molecule has 146 valence electrons. The van der Waals surface area contributed by atoms with Crippen LogP contribution in [-0.4, -0.2) is 28.7 Å². The van der Waals surface area contributed by atoms with Gasteiger partial charge in [-0.15, -0.1) is 0 Å². The molecule has 0 atom stereocenters. The van der Waals surface area contributed by atoms with Gasteiger partial charge in [-0.25, -0.2) is 13.4 Å². The monoisotopic (exact) mass is 426 g/mol. The van der Waals surface area contributed by atoms with Crippen LogP contribution >= 0.6 is 11.6 Å². The van der Waals surface area contributed by atoms with Crippen LogP contribution in [0.2, 0.25) is 5.02 Å². The van der Waals surface area contributed by atoms with E-state index in [1.165, 1.54) is 30.6 Å². The van der Waals surface area contributed by atoms with E-state index >= 15 is 0 Å². The Morgan fingerprint density at radius 2 is 1.86 bits per heavy atom. The van der Waals surface area contributed by atoms with Crippen LogP contribution in [0.15, 0.2) is 83.2 Å². The van der Waals surface area contributed by atoms with Crippen molar-refractivity contribution < 1.29 is 13.2 Å². The number of nitrogens with zero attached hydrogens (tertiary/aromatic N) is 3. The van der Waals surface area contributed by atoms with Crippen LogP contribution < -0.4 is 5.32 Å². The number of sulfone groups is 1. The minimum atomic E-state index is -3.74. The van der Waals surface area contributed by atoms with E-state index in [4.69, 9.17) is 11.6 Å². The lowest BCUT2D eigenvalue weighted by molar-refractivity contribution is 0.0950. The number of imidazole rings is 1. The SMILES string of the molecule is O=C(NCc1ccc(S(=O)(=O)c2ccncc2Cl)cc1)c1ccc2nccn2c1. The van der Waals surface area contributed by atoms with Crippen molar-refractivity contribution in [3.8, 4) is 0 Å². The van der Waals surface area contributed by atoms with Gasteiger partial charge in [-0.3, -0.25) is 9.78 Å². The molecule has 29 heavy (non-hydrogen) atoms. The van der Waals surface area contributed by atoms with Crippen molar-refractivity contribution in [1.29, 1.82) is 0 Å². The van der Waals surface area contributed by atoms with Crippen molar-refractivity contribution in [2.24, 2.45) is 0 Å². The van der Waals surface area contributed by atoms with Gasteiger partial charge in [0.25, 0.3) is 5.91 Å². The van der Waals surface area contributed by atoms with Gasteiger partial charge in [0.2, 0.25) is 9.84 Å². The number of hydrogen-bond acceptors (Lipinski definition) is 5. The number of fused-ring (bicyclic) bond motifs is 1. The summed E-state index contributed by atoms with van der Waals surface area (Å²) in [5.41, 5.74) is 2.02. The number of hydrogen-bond donors (Lipinski definition) is 1. The standard InChI is InChI=1S/C20H15ClN4O3S/c21-17-12-22-8-7-18(17)29(27,28)16-4-1-14(2-5-16)11-24-20(26)15-3-6-19-23-9-10-25(19)13-15/h1-10,12-13H,11H2,(H,24,26). The van der Waals surface area contributed by atoms with E-state index < -0.39 is 9.84 Å². The van der Waals surface area contributed by atoms with Gasteiger partial charge >= 0.3 is 0 Å². The maximum atomic E-state index is 12.7. The molecule has 0 aliphatic heterocycles. The first kappa shape index (κ1) is 19.1. The summed E-state index contributed by atoms with van der Waals surface area (Å²) in [5.74, 6) is -0.235.